The Kier molecular flexibility index (Phi) is 7.15. The number of nitrogens with one attached hydrogen (secondary N) is 1. The van der Waals surface area contributed by atoms with Gasteiger partial charge in [0, 0.05) is 10.8 Å². The number of para-hydroxylation sites is 1. The van der Waals surface area contributed by atoms with E-state index in [1.807, 2.05) is 0 Å². The van der Waals surface area contributed by atoms with Crippen molar-refractivity contribution in [3.63, 3.8) is 0 Å². The van der Waals surface area contributed by atoms with Crippen LogP contribution in [0.15, 0.2) is 47.6 Å². The Hall–Kier alpha value is -2.80. The van der Waals surface area contributed by atoms with Crippen molar-refractivity contribution in [2.75, 3.05) is 7.11 Å². The minimum Gasteiger partial charge on any atom is -0.497 e. The van der Waals surface area contributed by atoms with Crippen molar-refractivity contribution in [1.82, 2.24) is 20.1 Å². The molecule has 0 radical (unpaired) electrons. The van der Waals surface area contributed by atoms with Crippen LogP contribution in [0.2, 0.25) is 0 Å². The van der Waals surface area contributed by atoms with Gasteiger partial charge >= 0.3 is 0 Å². The van der Waals surface area contributed by atoms with E-state index in [1.54, 1.807) is 43.1 Å². The minimum absolute atomic E-state index is 0.161. The third-order valence-corrected chi connectivity index (χ3v) is 5.67. The van der Waals surface area contributed by atoms with E-state index in [1.165, 1.54) is 5.56 Å². The van der Waals surface area contributed by atoms with Crippen LogP contribution >= 0.6 is 11.8 Å². The lowest BCUT2D eigenvalue weighted by Crippen LogP contribution is -2.25. The second kappa shape index (κ2) is 9.80. The van der Waals surface area contributed by atoms with Gasteiger partial charge in [-0.2, -0.15) is 0 Å². The highest BCUT2D eigenvalue weighted by molar-refractivity contribution is 7.99. The number of aromatic nitrogens is 3. The summed E-state index contributed by atoms with van der Waals surface area (Å²) in [7, 11) is 1.60. The number of benzene rings is 2. The predicted molar refractivity (Wildman–Crippen MR) is 121 cm³/mol. The van der Waals surface area contributed by atoms with Crippen molar-refractivity contribution in [3.8, 4) is 11.4 Å². The SMILES string of the molecule is CCc1cccc(C)c1-n1c(CNC(=O)c2ccc(OC)cc2)nnc1SC(C)C. The molecule has 1 heterocycles. The maximum Gasteiger partial charge on any atom is 0.251 e. The molecule has 0 aliphatic rings. The Morgan fingerprint density at radius 1 is 1.17 bits per heavy atom. The molecule has 0 atom stereocenters. The number of hydrogen-bond donors (Lipinski definition) is 1. The lowest BCUT2D eigenvalue weighted by molar-refractivity contribution is 0.0949. The standard InChI is InChI=1S/C23H28N4O2S/c1-6-17-9-7-8-16(4)21(17)27-20(25-26-23(27)30-15(2)3)14-24-22(28)18-10-12-19(29-5)13-11-18/h7-13,15H,6,14H2,1-5H3,(H,24,28). The Balaban J connectivity index is 1.92. The average Bonchev–Trinajstić information content (AvgIpc) is 3.13. The van der Waals surface area contributed by atoms with Crippen LogP contribution in [-0.4, -0.2) is 33.0 Å². The van der Waals surface area contributed by atoms with E-state index in [0.717, 1.165) is 22.8 Å². The molecular weight excluding hydrogens is 396 g/mol. The summed E-state index contributed by atoms with van der Waals surface area (Å²) in [5.74, 6) is 1.27. The van der Waals surface area contributed by atoms with Crippen LogP contribution in [0.1, 0.15) is 48.1 Å². The fourth-order valence-electron chi connectivity index (χ4n) is 3.26. The molecule has 1 amide bonds. The smallest absolute Gasteiger partial charge is 0.251 e. The largest absolute Gasteiger partial charge is 0.497 e. The van der Waals surface area contributed by atoms with E-state index in [-0.39, 0.29) is 12.5 Å². The van der Waals surface area contributed by atoms with E-state index < -0.39 is 0 Å². The molecule has 0 aliphatic carbocycles. The summed E-state index contributed by atoms with van der Waals surface area (Å²) in [6.07, 6.45) is 0.901. The number of aryl methyl sites for hydroxylation is 2. The molecule has 0 fully saturated rings. The topological polar surface area (TPSA) is 69.0 Å². The molecule has 0 spiro atoms. The molecule has 2 aromatic carbocycles. The zero-order chi connectivity index (χ0) is 21.7. The molecule has 0 bridgehead atoms. The van der Waals surface area contributed by atoms with E-state index in [9.17, 15) is 4.79 Å². The van der Waals surface area contributed by atoms with Crippen molar-refractivity contribution < 1.29 is 9.53 Å². The van der Waals surface area contributed by atoms with Crippen molar-refractivity contribution in [2.24, 2.45) is 0 Å². The van der Waals surface area contributed by atoms with Crippen LogP contribution in [0.5, 0.6) is 5.75 Å². The van der Waals surface area contributed by atoms with Crippen LogP contribution in [0.3, 0.4) is 0 Å². The van der Waals surface area contributed by atoms with E-state index in [2.05, 4.69) is 66.0 Å². The summed E-state index contributed by atoms with van der Waals surface area (Å²) in [6, 6.07) is 13.3. The number of rotatable bonds is 8. The number of methoxy groups -OCH3 is 1. The Morgan fingerprint density at radius 3 is 2.53 bits per heavy atom. The fourth-order valence-corrected chi connectivity index (χ4v) is 4.07. The Bertz CT molecular complexity index is 1010. The van der Waals surface area contributed by atoms with Gasteiger partial charge in [-0.15, -0.1) is 10.2 Å². The summed E-state index contributed by atoms with van der Waals surface area (Å²) in [5, 5.41) is 13.0. The number of amides is 1. The summed E-state index contributed by atoms with van der Waals surface area (Å²) >= 11 is 1.67. The first-order chi connectivity index (χ1) is 14.4. The second-order valence-electron chi connectivity index (χ2n) is 7.25. The van der Waals surface area contributed by atoms with Crippen LogP contribution < -0.4 is 10.1 Å². The average molecular weight is 425 g/mol. The molecule has 3 rings (SSSR count). The van der Waals surface area contributed by atoms with Gasteiger partial charge < -0.3 is 10.1 Å². The molecule has 7 heteroatoms. The number of hydrogen-bond acceptors (Lipinski definition) is 5. The zero-order valence-electron chi connectivity index (χ0n) is 18.1. The van der Waals surface area contributed by atoms with E-state index >= 15 is 0 Å². The molecule has 1 N–H and O–H groups in total. The van der Waals surface area contributed by atoms with Crippen molar-refractivity contribution >= 4 is 17.7 Å². The lowest BCUT2D eigenvalue weighted by Gasteiger charge is -2.17. The first-order valence-corrected chi connectivity index (χ1v) is 10.9. The number of carbonyl (C=O) groups excluding carboxylic acids is 1. The predicted octanol–water partition coefficient (Wildman–Crippen LogP) is 4.58. The van der Waals surface area contributed by atoms with Crippen LogP contribution in [0.4, 0.5) is 0 Å². The van der Waals surface area contributed by atoms with E-state index in [4.69, 9.17) is 4.74 Å². The number of carbonyl (C=O) groups is 1. The third kappa shape index (κ3) is 4.84. The van der Waals surface area contributed by atoms with E-state index in [0.29, 0.717) is 22.4 Å². The monoisotopic (exact) mass is 424 g/mol. The molecule has 6 nitrogen and oxygen atoms in total. The van der Waals surface area contributed by atoms with Crippen molar-refractivity contribution in [2.45, 2.75) is 51.1 Å². The van der Waals surface area contributed by atoms with Gasteiger partial charge in [0.15, 0.2) is 11.0 Å². The van der Waals surface area contributed by atoms with Crippen LogP contribution in [0.25, 0.3) is 5.69 Å². The second-order valence-corrected chi connectivity index (χ2v) is 8.79. The number of nitrogens with zero attached hydrogens (tertiary/aromatic N) is 3. The summed E-state index contributed by atoms with van der Waals surface area (Å²) in [6.45, 7) is 8.79. The quantitative estimate of drug-likeness (QED) is 0.536. The first kappa shape index (κ1) is 21.9. The molecule has 0 unspecified atom stereocenters. The molecule has 30 heavy (non-hydrogen) atoms. The number of thioether (sulfide) groups is 1. The van der Waals surface area contributed by atoms with Gasteiger partial charge in [0.2, 0.25) is 0 Å². The highest BCUT2D eigenvalue weighted by Gasteiger charge is 2.20. The van der Waals surface area contributed by atoms with Crippen molar-refractivity contribution in [1.29, 1.82) is 0 Å². The maximum absolute atomic E-state index is 12.6. The maximum atomic E-state index is 12.6. The van der Waals surface area contributed by atoms with Gasteiger partial charge in [0.25, 0.3) is 5.91 Å². The van der Waals surface area contributed by atoms with Gasteiger partial charge in [0.1, 0.15) is 5.75 Å². The molecule has 0 saturated heterocycles. The summed E-state index contributed by atoms with van der Waals surface area (Å²) in [4.78, 5) is 12.6. The third-order valence-electron chi connectivity index (χ3n) is 4.73. The fraction of sp³-hybridized carbons (Fsp3) is 0.348. The number of ether oxygens (including phenoxy) is 1. The van der Waals surface area contributed by atoms with Gasteiger partial charge in [-0.05, 0) is 48.7 Å². The molecule has 0 aliphatic heterocycles. The molecule has 0 saturated carbocycles. The highest BCUT2D eigenvalue weighted by atomic mass is 32.2. The summed E-state index contributed by atoms with van der Waals surface area (Å²) in [5.41, 5.74) is 4.05. The normalized spacial score (nSPS) is 11.0. The van der Waals surface area contributed by atoms with Crippen LogP contribution in [-0.2, 0) is 13.0 Å². The van der Waals surface area contributed by atoms with Gasteiger partial charge in [-0.25, -0.2) is 0 Å². The molecular formula is C23H28N4O2S. The molecule has 1 aromatic heterocycles. The van der Waals surface area contributed by atoms with Gasteiger partial charge in [-0.3, -0.25) is 9.36 Å². The molecule has 158 valence electrons. The Labute approximate surface area is 182 Å². The zero-order valence-corrected chi connectivity index (χ0v) is 18.9. The minimum atomic E-state index is -0.161. The molecule has 3 aromatic rings. The summed E-state index contributed by atoms with van der Waals surface area (Å²) < 4.78 is 7.25. The highest BCUT2D eigenvalue weighted by Crippen LogP contribution is 2.29. The Morgan fingerprint density at radius 2 is 1.90 bits per heavy atom. The van der Waals surface area contributed by atoms with Gasteiger partial charge in [-0.1, -0.05) is 50.7 Å². The van der Waals surface area contributed by atoms with Crippen LogP contribution in [0, 0.1) is 6.92 Å². The first-order valence-electron chi connectivity index (χ1n) is 10.1. The lowest BCUT2D eigenvalue weighted by atomic mass is 10.1. The van der Waals surface area contributed by atoms with Crippen molar-refractivity contribution in [3.05, 3.63) is 65.0 Å². The van der Waals surface area contributed by atoms with Gasteiger partial charge in [0.05, 0.1) is 19.3 Å².